The van der Waals surface area contributed by atoms with E-state index in [1.807, 2.05) is 31.2 Å². The number of nitrogens with zero attached hydrogens (tertiary/aromatic N) is 5. The summed E-state index contributed by atoms with van der Waals surface area (Å²) in [6.07, 6.45) is 3.30. The molecular formula is C19H17N5O3. The fraction of sp³-hybridized carbons (Fsp3) is 0.263. The molecule has 1 amide bonds. The minimum Gasteiger partial charge on any atom is -0.441 e. The molecule has 2 aliphatic rings. The van der Waals surface area contributed by atoms with Crippen LogP contribution in [0.25, 0.3) is 16.9 Å². The summed E-state index contributed by atoms with van der Waals surface area (Å²) in [4.78, 5) is 18.2. The Kier molecular flexibility index (Phi) is 3.48. The maximum atomic E-state index is 12.1. The van der Waals surface area contributed by atoms with Gasteiger partial charge in [0, 0.05) is 11.8 Å². The zero-order valence-electron chi connectivity index (χ0n) is 14.6. The molecule has 0 radical (unpaired) electrons. The van der Waals surface area contributed by atoms with Crippen LogP contribution in [0.5, 0.6) is 0 Å². The summed E-state index contributed by atoms with van der Waals surface area (Å²) >= 11 is 0. The van der Waals surface area contributed by atoms with Crippen molar-refractivity contribution < 1.29 is 14.6 Å². The number of aliphatic hydroxyl groups is 1. The van der Waals surface area contributed by atoms with E-state index in [9.17, 15) is 9.90 Å². The number of rotatable bonds is 3. The number of aryl methyl sites for hydroxylation is 1. The third kappa shape index (κ3) is 2.41. The molecular weight excluding hydrogens is 346 g/mol. The standard InChI is InChI=1S/C19H17N5O3/c1-11-8-21-22-24(11)18-5-3-13(9-20-18)12-2-4-15-14(6-12)7-16-17(10-25)27-19(26)23(15)16/h2-6,8-9,16-17,25H,7,10H2,1H3/t16-,17-/m0/s1. The molecule has 0 aliphatic carbocycles. The number of cyclic esters (lactones) is 1. The lowest BCUT2D eigenvalue weighted by molar-refractivity contribution is 0.0830. The van der Waals surface area contributed by atoms with Crippen LogP contribution in [0.15, 0.2) is 42.7 Å². The molecule has 0 unspecified atom stereocenters. The van der Waals surface area contributed by atoms with Crippen molar-refractivity contribution >= 4 is 11.8 Å². The van der Waals surface area contributed by atoms with E-state index < -0.39 is 6.10 Å². The highest BCUT2D eigenvalue weighted by atomic mass is 16.6. The first-order valence-electron chi connectivity index (χ1n) is 8.73. The van der Waals surface area contributed by atoms with Crippen molar-refractivity contribution in [3.8, 4) is 16.9 Å². The van der Waals surface area contributed by atoms with Crippen molar-refractivity contribution in [2.45, 2.75) is 25.5 Å². The van der Waals surface area contributed by atoms with Crippen LogP contribution in [0, 0.1) is 6.92 Å². The Morgan fingerprint density at radius 2 is 2.07 bits per heavy atom. The lowest BCUT2D eigenvalue weighted by Gasteiger charge is -2.14. The number of ether oxygens (including phenoxy) is 1. The predicted molar refractivity (Wildman–Crippen MR) is 96.7 cm³/mol. The summed E-state index contributed by atoms with van der Waals surface area (Å²) < 4.78 is 6.90. The van der Waals surface area contributed by atoms with Crippen molar-refractivity contribution in [3.63, 3.8) is 0 Å². The number of fused-ring (bicyclic) bond motifs is 3. The highest BCUT2D eigenvalue weighted by Crippen LogP contribution is 2.40. The number of hydrogen-bond donors (Lipinski definition) is 1. The molecule has 1 fully saturated rings. The Morgan fingerprint density at radius 3 is 2.78 bits per heavy atom. The minimum absolute atomic E-state index is 0.136. The van der Waals surface area contributed by atoms with Crippen LogP contribution in [0.4, 0.5) is 10.5 Å². The topological polar surface area (TPSA) is 93.4 Å². The van der Waals surface area contributed by atoms with Crippen LogP contribution in [0.1, 0.15) is 11.3 Å². The SMILES string of the molecule is Cc1cnnn1-c1ccc(-c2ccc3c(c2)C[C@H]2[C@H](CO)OC(=O)N32)cn1. The molecule has 8 heteroatoms. The van der Waals surface area contributed by atoms with Gasteiger partial charge in [0.25, 0.3) is 0 Å². The maximum Gasteiger partial charge on any atom is 0.415 e. The van der Waals surface area contributed by atoms with E-state index in [0.717, 1.165) is 28.1 Å². The van der Waals surface area contributed by atoms with Gasteiger partial charge in [-0.05, 0) is 48.7 Å². The molecule has 5 rings (SSSR count). The van der Waals surface area contributed by atoms with Crippen LogP contribution in [-0.4, -0.2) is 49.9 Å². The predicted octanol–water partition coefficient (Wildman–Crippen LogP) is 1.88. The number of hydrogen-bond acceptors (Lipinski definition) is 6. The molecule has 2 aromatic heterocycles. The van der Waals surface area contributed by atoms with Gasteiger partial charge >= 0.3 is 6.09 Å². The fourth-order valence-electron chi connectivity index (χ4n) is 3.81. The maximum absolute atomic E-state index is 12.1. The van der Waals surface area contributed by atoms with E-state index in [-0.39, 0.29) is 18.7 Å². The molecule has 27 heavy (non-hydrogen) atoms. The van der Waals surface area contributed by atoms with E-state index in [1.54, 1.807) is 22.0 Å². The second-order valence-electron chi connectivity index (χ2n) is 6.78. The number of pyridine rings is 1. The third-order valence-electron chi connectivity index (χ3n) is 5.18. The van der Waals surface area contributed by atoms with Gasteiger partial charge in [0.15, 0.2) is 5.82 Å². The highest BCUT2D eigenvalue weighted by Gasteiger charge is 2.47. The molecule has 0 spiro atoms. The zero-order chi connectivity index (χ0) is 18.5. The summed E-state index contributed by atoms with van der Waals surface area (Å²) in [5.41, 5.74) is 4.85. The summed E-state index contributed by atoms with van der Waals surface area (Å²) in [6.45, 7) is 1.76. The normalized spacial score (nSPS) is 20.5. The molecule has 0 bridgehead atoms. The Hall–Kier alpha value is -3.26. The molecule has 2 aliphatic heterocycles. The second kappa shape index (κ2) is 5.88. The van der Waals surface area contributed by atoms with E-state index in [0.29, 0.717) is 12.2 Å². The number of aromatic nitrogens is 4. The average Bonchev–Trinajstić information content (AvgIpc) is 3.36. The van der Waals surface area contributed by atoms with Crippen molar-refractivity contribution in [2.75, 3.05) is 11.5 Å². The van der Waals surface area contributed by atoms with Crippen molar-refractivity contribution in [1.29, 1.82) is 0 Å². The summed E-state index contributed by atoms with van der Waals surface area (Å²) in [6, 6.07) is 9.74. The number of aliphatic hydroxyl groups excluding tert-OH is 1. The molecule has 0 saturated carbocycles. The average molecular weight is 363 g/mol. The van der Waals surface area contributed by atoms with Gasteiger partial charge in [-0.3, -0.25) is 4.90 Å². The Balaban J connectivity index is 1.46. The Labute approximate surface area is 155 Å². The first-order valence-corrected chi connectivity index (χ1v) is 8.73. The largest absolute Gasteiger partial charge is 0.441 e. The number of carbonyl (C=O) groups excluding carboxylic acids is 1. The molecule has 1 saturated heterocycles. The zero-order valence-corrected chi connectivity index (χ0v) is 14.6. The fourth-order valence-corrected chi connectivity index (χ4v) is 3.81. The van der Waals surface area contributed by atoms with Crippen LogP contribution in [0.3, 0.4) is 0 Å². The number of amides is 1. The molecule has 3 aromatic rings. The highest BCUT2D eigenvalue weighted by molar-refractivity contribution is 5.94. The first-order chi connectivity index (χ1) is 13.2. The summed E-state index contributed by atoms with van der Waals surface area (Å²) in [5, 5.41) is 17.3. The van der Waals surface area contributed by atoms with Crippen molar-refractivity contribution in [3.05, 3.63) is 54.0 Å². The van der Waals surface area contributed by atoms with Gasteiger partial charge in [0.1, 0.15) is 6.10 Å². The number of carbonyl (C=O) groups is 1. The van der Waals surface area contributed by atoms with Gasteiger partial charge in [-0.2, -0.15) is 4.68 Å². The monoisotopic (exact) mass is 363 g/mol. The van der Waals surface area contributed by atoms with E-state index in [4.69, 9.17) is 4.74 Å². The quantitative estimate of drug-likeness (QED) is 0.764. The lowest BCUT2D eigenvalue weighted by atomic mass is 10.0. The van der Waals surface area contributed by atoms with Crippen LogP contribution in [0.2, 0.25) is 0 Å². The third-order valence-corrected chi connectivity index (χ3v) is 5.18. The Morgan fingerprint density at radius 1 is 1.22 bits per heavy atom. The number of benzene rings is 1. The van der Waals surface area contributed by atoms with Crippen molar-refractivity contribution in [1.82, 2.24) is 20.0 Å². The first kappa shape index (κ1) is 16.0. The van der Waals surface area contributed by atoms with Gasteiger partial charge in [0.2, 0.25) is 0 Å². The van der Waals surface area contributed by atoms with Crippen LogP contribution < -0.4 is 4.90 Å². The summed E-state index contributed by atoms with van der Waals surface area (Å²) in [7, 11) is 0. The Bertz CT molecular complexity index is 1030. The molecule has 4 heterocycles. The molecule has 1 N–H and O–H groups in total. The summed E-state index contributed by atoms with van der Waals surface area (Å²) in [5.74, 6) is 0.712. The van der Waals surface area contributed by atoms with Crippen molar-refractivity contribution in [2.24, 2.45) is 0 Å². The van der Waals surface area contributed by atoms with E-state index in [1.165, 1.54) is 0 Å². The van der Waals surface area contributed by atoms with Crippen LogP contribution in [-0.2, 0) is 11.2 Å². The lowest BCUT2D eigenvalue weighted by Crippen LogP contribution is -2.34. The minimum atomic E-state index is -0.472. The molecule has 1 aromatic carbocycles. The second-order valence-corrected chi connectivity index (χ2v) is 6.78. The molecule has 136 valence electrons. The molecule has 8 nitrogen and oxygen atoms in total. The van der Waals surface area contributed by atoms with Gasteiger partial charge < -0.3 is 9.84 Å². The van der Waals surface area contributed by atoms with E-state index >= 15 is 0 Å². The van der Waals surface area contributed by atoms with E-state index in [2.05, 4.69) is 21.4 Å². The number of anilines is 1. The van der Waals surface area contributed by atoms with Gasteiger partial charge in [-0.1, -0.05) is 11.3 Å². The van der Waals surface area contributed by atoms with Gasteiger partial charge in [0.05, 0.1) is 30.2 Å². The molecule has 2 atom stereocenters. The van der Waals surface area contributed by atoms with Gasteiger partial charge in [-0.25, -0.2) is 9.78 Å². The smallest absolute Gasteiger partial charge is 0.415 e. The van der Waals surface area contributed by atoms with Gasteiger partial charge in [-0.15, -0.1) is 5.10 Å². The van der Waals surface area contributed by atoms with Crippen LogP contribution >= 0.6 is 0 Å².